The highest BCUT2D eigenvalue weighted by atomic mass is 35.5. The molecule has 11 heteroatoms. The van der Waals surface area contributed by atoms with Gasteiger partial charge in [-0.25, -0.2) is 4.79 Å². The van der Waals surface area contributed by atoms with Crippen molar-refractivity contribution >= 4 is 30.1 Å². The third-order valence-corrected chi connectivity index (χ3v) is 6.72. The van der Waals surface area contributed by atoms with Gasteiger partial charge in [0.2, 0.25) is 5.91 Å². The number of thioether (sulfide) groups is 1. The van der Waals surface area contributed by atoms with Gasteiger partial charge in [0, 0.05) is 31.8 Å². The average Bonchev–Trinajstić information content (AvgIpc) is 2.69. The zero-order valence-corrected chi connectivity index (χ0v) is 19.0. The van der Waals surface area contributed by atoms with Gasteiger partial charge >= 0.3 is 5.69 Å². The smallest absolute Gasteiger partial charge is 0.328 e. The van der Waals surface area contributed by atoms with Crippen LogP contribution in [0.25, 0.3) is 0 Å². The number of halogens is 1. The Balaban J connectivity index is 0.00000320. The van der Waals surface area contributed by atoms with E-state index in [0.29, 0.717) is 38.8 Å². The minimum Gasteiger partial charge on any atom is -0.386 e. The van der Waals surface area contributed by atoms with E-state index in [2.05, 4.69) is 4.98 Å². The van der Waals surface area contributed by atoms with E-state index in [-0.39, 0.29) is 24.9 Å². The maximum atomic E-state index is 12.6. The molecule has 3 heterocycles. The first kappa shape index (κ1) is 24.9. The van der Waals surface area contributed by atoms with E-state index >= 15 is 0 Å². The molecule has 0 unspecified atom stereocenters. The van der Waals surface area contributed by atoms with E-state index in [4.69, 9.17) is 10.5 Å². The molecule has 1 spiro atoms. The Morgan fingerprint density at radius 2 is 2.10 bits per heavy atom. The summed E-state index contributed by atoms with van der Waals surface area (Å²) in [6.07, 6.45) is 5.70. The van der Waals surface area contributed by atoms with Crippen molar-refractivity contribution in [3.63, 3.8) is 0 Å². The summed E-state index contributed by atoms with van der Waals surface area (Å²) in [6.45, 7) is 2.76. The molecule has 0 saturated carbocycles. The minimum atomic E-state index is -1.25. The van der Waals surface area contributed by atoms with Crippen molar-refractivity contribution in [2.75, 3.05) is 31.7 Å². The van der Waals surface area contributed by atoms with Crippen LogP contribution in [0.3, 0.4) is 0 Å². The maximum Gasteiger partial charge on any atom is 0.328 e. The Kier molecular flexibility index (Phi) is 8.20. The Hall–Kier alpha value is -1.33. The van der Waals surface area contributed by atoms with Crippen molar-refractivity contribution in [1.82, 2.24) is 14.5 Å². The van der Waals surface area contributed by atoms with Gasteiger partial charge in [0.1, 0.15) is 5.60 Å². The van der Waals surface area contributed by atoms with E-state index in [9.17, 15) is 19.5 Å². The van der Waals surface area contributed by atoms with Gasteiger partial charge in [-0.15, -0.1) is 12.4 Å². The molecule has 1 aromatic rings. The first-order valence-electron chi connectivity index (χ1n) is 9.89. The second-order valence-corrected chi connectivity index (χ2v) is 9.27. The Bertz CT molecular complexity index is 850. The lowest BCUT2D eigenvalue weighted by molar-refractivity contribution is -0.202. The highest BCUT2D eigenvalue weighted by Crippen LogP contribution is 2.43. The van der Waals surface area contributed by atoms with E-state index < -0.39 is 34.5 Å². The quantitative estimate of drug-likeness (QED) is 0.566. The molecular weight excluding hydrogens is 432 g/mol. The highest BCUT2D eigenvalue weighted by molar-refractivity contribution is 7.98. The molecule has 3 atom stereocenters. The number of rotatable bonds is 5. The molecule has 2 fully saturated rings. The van der Waals surface area contributed by atoms with Gasteiger partial charge in [0.05, 0.1) is 24.3 Å². The number of piperidine rings is 1. The summed E-state index contributed by atoms with van der Waals surface area (Å²) in [5, 5.41) is 10.8. The first-order valence-corrected chi connectivity index (χ1v) is 11.3. The molecule has 170 valence electrons. The van der Waals surface area contributed by atoms with Crippen LogP contribution in [0.15, 0.2) is 21.9 Å². The molecule has 2 aliphatic heterocycles. The van der Waals surface area contributed by atoms with Crippen molar-refractivity contribution in [3.05, 3.63) is 33.1 Å². The number of nitrogens with two attached hydrogens (primary N) is 1. The van der Waals surface area contributed by atoms with E-state index in [1.54, 1.807) is 23.6 Å². The van der Waals surface area contributed by atoms with Crippen LogP contribution in [0, 0.1) is 0 Å². The average molecular weight is 463 g/mol. The van der Waals surface area contributed by atoms with Crippen LogP contribution in [-0.2, 0) is 9.53 Å². The van der Waals surface area contributed by atoms with Gasteiger partial charge in [-0.05, 0) is 38.2 Å². The number of hydrogen-bond donors (Lipinski definition) is 3. The number of carbonyl (C=O) groups is 1. The predicted molar refractivity (Wildman–Crippen MR) is 118 cm³/mol. The summed E-state index contributed by atoms with van der Waals surface area (Å²) in [5.41, 5.74) is 3.23. The molecule has 4 N–H and O–H groups in total. The molecule has 0 bridgehead atoms. The monoisotopic (exact) mass is 462 g/mol. The van der Waals surface area contributed by atoms with Crippen molar-refractivity contribution in [2.45, 2.75) is 55.9 Å². The van der Waals surface area contributed by atoms with Gasteiger partial charge in [-0.1, -0.05) is 0 Å². The Labute approximate surface area is 185 Å². The number of ether oxygens (including phenoxy) is 1. The summed E-state index contributed by atoms with van der Waals surface area (Å²) >= 11 is 1.67. The molecule has 30 heavy (non-hydrogen) atoms. The van der Waals surface area contributed by atoms with Crippen molar-refractivity contribution in [1.29, 1.82) is 0 Å². The van der Waals surface area contributed by atoms with Gasteiger partial charge in [0.25, 0.3) is 5.56 Å². The van der Waals surface area contributed by atoms with Crippen LogP contribution >= 0.6 is 24.2 Å². The van der Waals surface area contributed by atoms with Gasteiger partial charge in [0.15, 0.2) is 0 Å². The molecule has 0 radical (unpaired) electrons. The number of aliphatic hydroxyl groups is 1. The van der Waals surface area contributed by atoms with Crippen molar-refractivity contribution < 1.29 is 14.6 Å². The first-order chi connectivity index (χ1) is 13.7. The molecule has 9 nitrogen and oxygen atoms in total. The molecule has 0 aromatic carbocycles. The summed E-state index contributed by atoms with van der Waals surface area (Å²) in [6, 6.07) is 0.250. The zero-order chi connectivity index (χ0) is 21.2. The fourth-order valence-corrected chi connectivity index (χ4v) is 4.67. The molecule has 0 aliphatic carbocycles. The second kappa shape index (κ2) is 9.86. The topological polar surface area (TPSA) is 131 Å². The van der Waals surface area contributed by atoms with Crippen LogP contribution in [0.1, 0.15) is 38.6 Å². The highest BCUT2D eigenvalue weighted by Gasteiger charge is 2.49. The SMILES string of the molecule is CSCC[C@H](N)C(=O)N1CCC2(CC1)C[C@H](n1ccc(=O)[nH]c1=O)[C@@](C)(O)CO2.Cl. The number of nitrogens with zero attached hydrogens (tertiary/aromatic N) is 2. The van der Waals surface area contributed by atoms with E-state index in [1.165, 1.54) is 16.8 Å². The normalized spacial score (nSPS) is 26.8. The van der Waals surface area contributed by atoms with Gasteiger partial charge in [-0.3, -0.25) is 19.1 Å². The number of amides is 1. The zero-order valence-electron chi connectivity index (χ0n) is 17.3. The number of aromatic amines is 1. The maximum absolute atomic E-state index is 12.6. The van der Waals surface area contributed by atoms with Crippen LogP contribution in [-0.4, -0.2) is 74.4 Å². The van der Waals surface area contributed by atoms with Gasteiger partial charge in [-0.2, -0.15) is 11.8 Å². The van der Waals surface area contributed by atoms with Crippen LogP contribution in [0.4, 0.5) is 0 Å². The molecule has 2 aliphatic rings. The minimum absolute atomic E-state index is 0. The van der Waals surface area contributed by atoms with Crippen LogP contribution < -0.4 is 17.0 Å². The Morgan fingerprint density at radius 1 is 1.43 bits per heavy atom. The Morgan fingerprint density at radius 3 is 2.70 bits per heavy atom. The number of H-pyrrole nitrogens is 1. The molecule has 1 amide bonds. The lowest BCUT2D eigenvalue weighted by Crippen LogP contribution is -2.59. The third kappa shape index (κ3) is 5.28. The number of likely N-dealkylation sites (tertiary alicyclic amines) is 1. The van der Waals surface area contributed by atoms with E-state index in [0.717, 1.165) is 5.75 Å². The summed E-state index contributed by atoms with van der Waals surface area (Å²) in [5.74, 6) is 0.809. The number of carbonyl (C=O) groups excluding carboxylic acids is 1. The lowest BCUT2D eigenvalue weighted by Gasteiger charge is -2.51. The largest absolute Gasteiger partial charge is 0.386 e. The number of aromatic nitrogens is 2. The molecule has 1 aromatic heterocycles. The third-order valence-electron chi connectivity index (χ3n) is 6.08. The molecule has 2 saturated heterocycles. The fourth-order valence-electron chi connectivity index (χ4n) is 4.18. The number of nitrogens with one attached hydrogen (secondary N) is 1. The standard InChI is InChI=1S/C19H30N4O5S.ClH/c1-18(27)12-28-19(11-14(18)23-7-3-15(24)21-17(23)26)5-8-22(9-6-19)16(25)13(20)4-10-29-2;/h3,7,13-14,27H,4-6,8-12,20H2,1-2H3,(H,21,24,26);1H/t13-,14-,18-;/m0./s1. The summed E-state index contributed by atoms with van der Waals surface area (Å²) < 4.78 is 7.46. The summed E-state index contributed by atoms with van der Waals surface area (Å²) in [7, 11) is 0. The van der Waals surface area contributed by atoms with Crippen LogP contribution in [0.5, 0.6) is 0 Å². The summed E-state index contributed by atoms with van der Waals surface area (Å²) in [4.78, 5) is 40.3. The predicted octanol–water partition coefficient (Wildman–Crippen LogP) is 0.112. The fraction of sp³-hybridized carbons (Fsp3) is 0.737. The van der Waals surface area contributed by atoms with Crippen molar-refractivity contribution in [2.24, 2.45) is 5.73 Å². The lowest BCUT2D eigenvalue weighted by atomic mass is 9.77. The molecular formula is C19H31ClN4O5S. The van der Waals surface area contributed by atoms with Crippen LogP contribution in [0.2, 0.25) is 0 Å². The van der Waals surface area contributed by atoms with E-state index in [1.807, 2.05) is 6.26 Å². The number of hydrogen-bond acceptors (Lipinski definition) is 7. The second-order valence-electron chi connectivity index (χ2n) is 8.28. The van der Waals surface area contributed by atoms with Gasteiger partial charge < -0.3 is 20.5 Å². The molecule has 3 rings (SSSR count). The van der Waals surface area contributed by atoms with Crippen molar-refractivity contribution in [3.8, 4) is 0 Å².